The molecule has 1 aliphatic carbocycles. The Hall–Kier alpha value is -2.02. The van der Waals surface area contributed by atoms with Crippen LogP contribution in [0.4, 0.5) is 13.2 Å². The Morgan fingerprint density at radius 3 is 2.43 bits per heavy atom. The van der Waals surface area contributed by atoms with E-state index in [1.807, 2.05) is 0 Å². The molecule has 1 fully saturated rings. The van der Waals surface area contributed by atoms with E-state index in [1.165, 1.54) is 20.3 Å². The lowest BCUT2D eigenvalue weighted by Gasteiger charge is -2.28. The van der Waals surface area contributed by atoms with Crippen LogP contribution in [0.3, 0.4) is 0 Å². The molecule has 1 heterocycles. The zero-order valence-corrected chi connectivity index (χ0v) is 12.5. The molecule has 3 atom stereocenters. The molecule has 0 spiro atoms. The molecule has 0 bridgehead atoms. The van der Waals surface area contributed by atoms with Crippen LogP contribution >= 0.6 is 0 Å². The van der Waals surface area contributed by atoms with Crippen molar-refractivity contribution in [2.75, 3.05) is 14.2 Å². The van der Waals surface area contributed by atoms with Crippen LogP contribution in [0.25, 0.3) is 0 Å². The number of methoxy groups -OCH3 is 2. The Balaban J connectivity index is 1.99. The maximum Gasteiger partial charge on any atom is 0.420 e. The minimum Gasteiger partial charge on any atom is -0.497 e. The fourth-order valence-corrected chi connectivity index (χ4v) is 3.02. The van der Waals surface area contributed by atoms with Crippen molar-refractivity contribution in [1.29, 1.82) is 0 Å². The molecule has 4 nitrogen and oxygen atoms in total. The van der Waals surface area contributed by atoms with E-state index in [1.54, 1.807) is 24.3 Å². The van der Waals surface area contributed by atoms with Crippen molar-refractivity contribution >= 4 is 5.97 Å². The van der Waals surface area contributed by atoms with Crippen molar-refractivity contribution in [3.63, 3.8) is 0 Å². The molecule has 1 aliphatic heterocycles. The first kappa shape index (κ1) is 15.9. The summed E-state index contributed by atoms with van der Waals surface area (Å²) in [6.45, 7) is 0. The first-order chi connectivity index (χ1) is 10.8. The summed E-state index contributed by atoms with van der Waals surface area (Å²) in [6.07, 6.45) is -4.71. The van der Waals surface area contributed by atoms with Crippen LogP contribution in [-0.4, -0.2) is 38.1 Å². The van der Waals surface area contributed by atoms with E-state index in [-0.39, 0.29) is 12.0 Å². The third-order valence-electron chi connectivity index (χ3n) is 4.37. The summed E-state index contributed by atoms with van der Waals surface area (Å²) in [5.41, 5.74) is -1.42. The molecule has 23 heavy (non-hydrogen) atoms. The van der Waals surface area contributed by atoms with Crippen LogP contribution in [0.15, 0.2) is 35.9 Å². The third-order valence-corrected chi connectivity index (χ3v) is 4.37. The van der Waals surface area contributed by atoms with Gasteiger partial charge in [-0.25, -0.2) is 4.79 Å². The summed E-state index contributed by atoms with van der Waals surface area (Å²) in [6, 6.07) is 6.58. The summed E-state index contributed by atoms with van der Waals surface area (Å²) in [5, 5.41) is 0. The molecule has 0 radical (unpaired) electrons. The molecule has 1 aromatic rings. The van der Waals surface area contributed by atoms with Gasteiger partial charge in [-0.2, -0.15) is 13.2 Å². The van der Waals surface area contributed by atoms with Crippen molar-refractivity contribution in [1.82, 2.24) is 0 Å². The number of epoxide rings is 1. The molecule has 1 saturated heterocycles. The van der Waals surface area contributed by atoms with Crippen LogP contribution < -0.4 is 4.74 Å². The van der Waals surface area contributed by atoms with Crippen molar-refractivity contribution in [2.24, 2.45) is 0 Å². The quantitative estimate of drug-likeness (QED) is 0.632. The molecule has 3 rings (SSSR count). The Bertz CT molecular complexity index is 650. The second-order valence-corrected chi connectivity index (χ2v) is 5.57. The lowest BCUT2D eigenvalue weighted by molar-refractivity contribution is -0.187. The summed E-state index contributed by atoms with van der Waals surface area (Å²) in [7, 11) is 2.70. The zero-order valence-electron chi connectivity index (χ0n) is 12.5. The number of alkyl halides is 3. The van der Waals surface area contributed by atoms with Gasteiger partial charge in [0.2, 0.25) is 0 Å². The van der Waals surface area contributed by atoms with Gasteiger partial charge in [-0.1, -0.05) is 12.1 Å². The molecule has 0 aromatic heterocycles. The lowest BCUT2D eigenvalue weighted by Crippen LogP contribution is -2.39. The van der Waals surface area contributed by atoms with Gasteiger partial charge >= 0.3 is 12.1 Å². The fraction of sp³-hybridized carbons (Fsp3) is 0.438. The monoisotopic (exact) mass is 328 g/mol. The first-order valence-corrected chi connectivity index (χ1v) is 7.01. The number of hydrogen-bond donors (Lipinski definition) is 0. The molecule has 0 unspecified atom stereocenters. The summed E-state index contributed by atoms with van der Waals surface area (Å²) in [4.78, 5) is 11.9. The average Bonchev–Trinajstić information content (AvgIpc) is 3.28. The lowest BCUT2D eigenvalue weighted by atomic mass is 9.77. The highest BCUT2D eigenvalue weighted by atomic mass is 19.4. The van der Waals surface area contributed by atoms with E-state index in [0.717, 1.165) is 0 Å². The molecule has 7 heteroatoms. The Kier molecular flexibility index (Phi) is 3.63. The van der Waals surface area contributed by atoms with Crippen molar-refractivity contribution in [2.45, 2.75) is 30.2 Å². The van der Waals surface area contributed by atoms with Crippen LogP contribution in [0, 0.1) is 0 Å². The Morgan fingerprint density at radius 2 is 1.91 bits per heavy atom. The summed E-state index contributed by atoms with van der Waals surface area (Å²) in [5.74, 6) is -0.801. The smallest absolute Gasteiger partial charge is 0.420 e. The van der Waals surface area contributed by atoms with Crippen molar-refractivity contribution in [3.05, 3.63) is 41.5 Å². The second-order valence-electron chi connectivity index (χ2n) is 5.57. The topological polar surface area (TPSA) is 48.1 Å². The number of hydrogen-bond acceptors (Lipinski definition) is 4. The summed E-state index contributed by atoms with van der Waals surface area (Å²) < 4.78 is 54.5. The maximum atomic E-state index is 13.3. The number of esters is 1. The van der Waals surface area contributed by atoms with Gasteiger partial charge in [0.15, 0.2) is 5.60 Å². The number of carbonyl (C=O) groups is 1. The van der Waals surface area contributed by atoms with E-state index in [2.05, 4.69) is 0 Å². The minimum absolute atomic E-state index is 0.194. The Labute approximate surface area is 130 Å². The normalized spacial score (nSPS) is 29.3. The van der Waals surface area contributed by atoms with E-state index in [0.29, 0.717) is 11.3 Å². The maximum absolute atomic E-state index is 13.3. The number of benzene rings is 1. The third kappa shape index (κ3) is 2.49. The number of rotatable bonds is 3. The van der Waals surface area contributed by atoms with Crippen LogP contribution in [-0.2, 0) is 14.3 Å². The standard InChI is InChI=1S/C16H15F3O4/c1-21-10-5-3-9(4-6-10)12-8-15(16(17,18)19)13(23-15)7-11(12)14(20)22-2/h3-7,12-13H,8H2,1-2H3/t12-,13-,15+/m0/s1. The number of halogens is 3. The summed E-state index contributed by atoms with van der Waals surface area (Å²) >= 11 is 0. The predicted molar refractivity (Wildman–Crippen MR) is 74.1 cm³/mol. The van der Waals surface area contributed by atoms with Crippen molar-refractivity contribution < 1.29 is 32.2 Å². The van der Waals surface area contributed by atoms with Gasteiger partial charge in [0, 0.05) is 11.5 Å². The van der Waals surface area contributed by atoms with Gasteiger partial charge in [-0.05, 0) is 30.2 Å². The van der Waals surface area contributed by atoms with E-state index < -0.39 is 29.8 Å². The number of carbonyl (C=O) groups excluding carboxylic acids is 1. The minimum atomic E-state index is -4.49. The van der Waals surface area contributed by atoms with Crippen LogP contribution in [0.2, 0.25) is 0 Å². The fourth-order valence-electron chi connectivity index (χ4n) is 3.02. The first-order valence-electron chi connectivity index (χ1n) is 7.01. The van der Waals surface area contributed by atoms with Gasteiger partial charge < -0.3 is 14.2 Å². The Morgan fingerprint density at radius 1 is 1.26 bits per heavy atom. The van der Waals surface area contributed by atoms with Gasteiger partial charge in [0.25, 0.3) is 0 Å². The van der Waals surface area contributed by atoms with E-state index in [9.17, 15) is 18.0 Å². The second kappa shape index (κ2) is 5.26. The molecular weight excluding hydrogens is 313 g/mol. The highest BCUT2D eigenvalue weighted by Crippen LogP contribution is 2.59. The van der Waals surface area contributed by atoms with E-state index in [4.69, 9.17) is 14.2 Å². The van der Waals surface area contributed by atoms with Gasteiger partial charge in [0.1, 0.15) is 11.9 Å². The molecule has 0 saturated carbocycles. The molecular formula is C16H15F3O4. The largest absolute Gasteiger partial charge is 0.497 e. The average molecular weight is 328 g/mol. The molecule has 0 amide bonds. The van der Waals surface area contributed by atoms with Gasteiger partial charge in [-0.3, -0.25) is 0 Å². The molecule has 2 aliphatic rings. The SMILES string of the molecule is COC(=O)C1=C[C@@H]2O[C@]2(C(F)(F)F)C[C@H]1c1ccc(OC)cc1. The number of fused-ring (bicyclic) bond motifs is 1. The van der Waals surface area contributed by atoms with Gasteiger partial charge in [0.05, 0.1) is 14.2 Å². The van der Waals surface area contributed by atoms with Gasteiger partial charge in [-0.15, -0.1) is 0 Å². The molecule has 124 valence electrons. The predicted octanol–water partition coefficient (Wildman–Crippen LogP) is 2.98. The number of ether oxygens (including phenoxy) is 3. The van der Waals surface area contributed by atoms with Crippen LogP contribution in [0.5, 0.6) is 5.75 Å². The van der Waals surface area contributed by atoms with Crippen molar-refractivity contribution in [3.8, 4) is 5.75 Å². The van der Waals surface area contributed by atoms with E-state index >= 15 is 0 Å². The highest BCUT2D eigenvalue weighted by Gasteiger charge is 2.74. The highest BCUT2D eigenvalue weighted by molar-refractivity contribution is 5.91. The van der Waals surface area contributed by atoms with Crippen LogP contribution in [0.1, 0.15) is 17.9 Å². The zero-order chi connectivity index (χ0) is 16.8. The molecule has 0 N–H and O–H groups in total. The molecule has 1 aromatic carbocycles.